The quantitative estimate of drug-likeness (QED) is 0.794. The Morgan fingerprint density at radius 2 is 1.36 bits per heavy atom. The zero-order chi connectivity index (χ0) is 16.6. The second-order valence-corrected chi connectivity index (χ2v) is 6.50. The summed E-state index contributed by atoms with van der Waals surface area (Å²) in [7, 11) is 0. The lowest BCUT2D eigenvalue weighted by atomic mass is 9.86. The predicted octanol–water partition coefficient (Wildman–Crippen LogP) is 5.42. The summed E-state index contributed by atoms with van der Waals surface area (Å²) < 4.78 is 0. The topological polar surface area (TPSA) is 40.5 Å². The fourth-order valence-corrected chi connectivity index (χ4v) is 2.20. The highest BCUT2D eigenvalue weighted by Gasteiger charge is 2.16. The van der Waals surface area contributed by atoms with E-state index >= 15 is 0 Å². The second-order valence-electron chi connectivity index (χ2n) is 6.50. The summed E-state index contributed by atoms with van der Waals surface area (Å²) in [6, 6.07) is 15.0. The molecule has 2 N–H and O–H groups in total. The van der Waals surface area contributed by atoms with Gasteiger partial charge in [0.2, 0.25) is 0 Å². The molecular weight excluding hydrogens is 272 g/mol. The zero-order valence-corrected chi connectivity index (χ0v) is 14.1. The van der Waals surface area contributed by atoms with Gasteiger partial charge in [-0.25, -0.2) is 0 Å². The SMILES string of the molecule is CC(C)(C)c1ccccc1O.CCCCc1ccccc1O. The molecule has 0 atom stereocenters. The van der Waals surface area contributed by atoms with Crippen LogP contribution in [0.1, 0.15) is 51.7 Å². The fourth-order valence-electron chi connectivity index (χ4n) is 2.20. The van der Waals surface area contributed by atoms with E-state index in [4.69, 9.17) is 0 Å². The third-order valence-corrected chi connectivity index (χ3v) is 3.50. The third kappa shape index (κ3) is 5.80. The van der Waals surface area contributed by atoms with Crippen LogP contribution in [0.5, 0.6) is 11.5 Å². The molecule has 0 spiro atoms. The molecule has 120 valence electrons. The highest BCUT2D eigenvalue weighted by molar-refractivity contribution is 5.36. The number of rotatable bonds is 3. The molecule has 0 saturated carbocycles. The molecule has 0 amide bonds. The van der Waals surface area contributed by atoms with Gasteiger partial charge in [0.15, 0.2) is 0 Å². The molecule has 0 aliphatic heterocycles. The maximum absolute atomic E-state index is 9.45. The average Bonchev–Trinajstić information content (AvgIpc) is 2.46. The molecule has 22 heavy (non-hydrogen) atoms. The number of phenols is 2. The van der Waals surface area contributed by atoms with Crippen molar-refractivity contribution >= 4 is 0 Å². The van der Waals surface area contributed by atoms with E-state index < -0.39 is 0 Å². The summed E-state index contributed by atoms with van der Waals surface area (Å²) in [5, 5.41) is 18.8. The van der Waals surface area contributed by atoms with Crippen LogP contribution in [-0.2, 0) is 11.8 Å². The van der Waals surface area contributed by atoms with Gasteiger partial charge in [0, 0.05) is 0 Å². The van der Waals surface area contributed by atoms with Crippen molar-refractivity contribution in [2.75, 3.05) is 0 Å². The molecule has 0 saturated heterocycles. The molecule has 2 nitrogen and oxygen atoms in total. The molecule has 0 bridgehead atoms. The monoisotopic (exact) mass is 300 g/mol. The molecule has 0 fully saturated rings. The van der Waals surface area contributed by atoms with Gasteiger partial charge < -0.3 is 10.2 Å². The highest BCUT2D eigenvalue weighted by atomic mass is 16.3. The Balaban J connectivity index is 0.000000220. The van der Waals surface area contributed by atoms with Gasteiger partial charge in [-0.2, -0.15) is 0 Å². The van der Waals surface area contributed by atoms with Gasteiger partial charge >= 0.3 is 0 Å². The highest BCUT2D eigenvalue weighted by Crippen LogP contribution is 2.29. The lowest BCUT2D eigenvalue weighted by Crippen LogP contribution is -2.10. The van der Waals surface area contributed by atoms with E-state index in [2.05, 4.69) is 27.7 Å². The Kier molecular flexibility index (Phi) is 6.97. The van der Waals surface area contributed by atoms with E-state index in [1.165, 1.54) is 6.42 Å². The summed E-state index contributed by atoms with van der Waals surface area (Å²) in [5.74, 6) is 0.820. The van der Waals surface area contributed by atoms with Gasteiger partial charge in [-0.3, -0.25) is 0 Å². The van der Waals surface area contributed by atoms with Crippen molar-refractivity contribution in [2.24, 2.45) is 0 Å². The van der Waals surface area contributed by atoms with Crippen molar-refractivity contribution in [2.45, 2.75) is 52.4 Å². The average molecular weight is 300 g/mol. The molecule has 2 rings (SSSR count). The van der Waals surface area contributed by atoms with Crippen LogP contribution < -0.4 is 0 Å². The number of aryl methyl sites for hydroxylation is 1. The Labute approximate surface area is 134 Å². The van der Waals surface area contributed by atoms with Crippen LogP contribution in [0, 0.1) is 0 Å². The van der Waals surface area contributed by atoms with Crippen LogP contribution in [0.2, 0.25) is 0 Å². The zero-order valence-electron chi connectivity index (χ0n) is 14.1. The fraction of sp³-hybridized carbons (Fsp3) is 0.400. The van der Waals surface area contributed by atoms with E-state index in [0.29, 0.717) is 11.5 Å². The lowest BCUT2D eigenvalue weighted by molar-refractivity contribution is 0.447. The molecule has 0 radical (unpaired) electrons. The summed E-state index contributed by atoms with van der Waals surface area (Å²) in [4.78, 5) is 0. The number of unbranched alkanes of at least 4 members (excludes halogenated alkanes) is 1. The number of para-hydroxylation sites is 2. The molecule has 0 aliphatic carbocycles. The van der Waals surface area contributed by atoms with Crippen LogP contribution in [-0.4, -0.2) is 10.2 Å². The van der Waals surface area contributed by atoms with Crippen molar-refractivity contribution in [3.63, 3.8) is 0 Å². The van der Waals surface area contributed by atoms with Crippen LogP contribution in [0.25, 0.3) is 0 Å². The maximum atomic E-state index is 9.45. The third-order valence-electron chi connectivity index (χ3n) is 3.50. The van der Waals surface area contributed by atoms with Crippen molar-refractivity contribution < 1.29 is 10.2 Å². The number of hydrogen-bond donors (Lipinski definition) is 2. The molecule has 0 aliphatic rings. The van der Waals surface area contributed by atoms with E-state index in [1.807, 2.05) is 36.4 Å². The number of phenolic OH excluding ortho intramolecular Hbond substituents is 2. The smallest absolute Gasteiger partial charge is 0.119 e. The summed E-state index contributed by atoms with van der Waals surface area (Å²) >= 11 is 0. The minimum atomic E-state index is 0.0331. The maximum Gasteiger partial charge on any atom is 0.119 e. The minimum absolute atomic E-state index is 0.0331. The first-order chi connectivity index (χ1) is 10.4. The van der Waals surface area contributed by atoms with E-state index in [0.717, 1.165) is 24.0 Å². The van der Waals surface area contributed by atoms with Crippen LogP contribution in [0.3, 0.4) is 0 Å². The molecule has 2 heteroatoms. The number of hydrogen-bond acceptors (Lipinski definition) is 2. The first-order valence-electron chi connectivity index (χ1n) is 7.91. The van der Waals surface area contributed by atoms with E-state index in [1.54, 1.807) is 12.1 Å². The van der Waals surface area contributed by atoms with Crippen molar-refractivity contribution in [3.8, 4) is 11.5 Å². The van der Waals surface area contributed by atoms with E-state index in [9.17, 15) is 10.2 Å². The predicted molar refractivity (Wildman–Crippen MR) is 93.5 cm³/mol. The second kappa shape index (κ2) is 8.47. The Hall–Kier alpha value is -1.96. The molecule has 0 heterocycles. The van der Waals surface area contributed by atoms with Gasteiger partial charge in [-0.1, -0.05) is 70.5 Å². The minimum Gasteiger partial charge on any atom is -0.508 e. The van der Waals surface area contributed by atoms with Crippen molar-refractivity contribution in [1.29, 1.82) is 0 Å². The van der Waals surface area contributed by atoms with Crippen LogP contribution in [0.15, 0.2) is 48.5 Å². The van der Waals surface area contributed by atoms with Gasteiger partial charge in [0.1, 0.15) is 11.5 Å². The van der Waals surface area contributed by atoms with Crippen molar-refractivity contribution in [3.05, 3.63) is 59.7 Å². The summed E-state index contributed by atoms with van der Waals surface area (Å²) in [6.07, 6.45) is 3.31. The molecular formula is C20H28O2. The number of benzene rings is 2. The Bertz CT molecular complexity index is 568. The molecule has 2 aromatic rings. The lowest BCUT2D eigenvalue weighted by Gasteiger charge is -2.19. The van der Waals surface area contributed by atoms with Gasteiger partial charge in [-0.05, 0) is 41.5 Å². The normalized spacial score (nSPS) is 10.7. The summed E-state index contributed by atoms with van der Waals surface area (Å²) in [5.41, 5.74) is 2.10. The standard InChI is InChI=1S/2C10H14O/c1-10(2,3)8-6-4-5-7-9(8)11;1-2-3-6-9-7-4-5-8-10(9)11/h4-7,11H,1-3H3;4-5,7-8,11H,2-3,6H2,1H3. The van der Waals surface area contributed by atoms with Crippen LogP contribution >= 0.6 is 0 Å². The number of aromatic hydroxyl groups is 2. The molecule has 0 unspecified atom stereocenters. The Morgan fingerprint density at radius 1 is 0.818 bits per heavy atom. The van der Waals surface area contributed by atoms with Gasteiger partial charge in [-0.15, -0.1) is 0 Å². The largest absolute Gasteiger partial charge is 0.508 e. The van der Waals surface area contributed by atoms with Gasteiger partial charge in [0.05, 0.1) is 0 Å². The van der Waals surface area contributed by atoms with Gasteiger partial charge in [0.25, 0.3) is 0 Å². The first kappa shape index (κ1) is 18.1. The first-order valence-corrected chi connectivity index (χ1v) is 7.91. The molecule has 2 aromatic carbocycles. The Morgan fingerprint density at radius 3 is 1.82 bits per heavy atom. The van der Waals surface area contributed by atoms with E-state index in [-0.39, 0.29) is 5.41 Å². The van der Waals surface area contributed by atoms with Crippen LogP contribution in [0.4, 0.5) is 0 Å². The van der Waals surface area contributed by atoms with Crippen molar-refractivity contribution in [1.82, 2.24) is 0 Å². The molecule has 0 aromatic heterocycles. The summed E-state index contributed by atoms with van der Waals surface area (Å²) in [6.45, 7) is 8.41.